The molecule has 8 heteroatoms. The summed E-state index contributed by atoms with van der Waals surface area (Å²) < 4.78 is 23.0. The number of aromatic nitrogens is 4. The summed E-state index contributed by atoms with van der Waals surface area (Å²) >= 11 is 0. The van der Waals surface area contributed by atoms with Crippen LogP contribution in [0.3, 0.4) is 0 Å². The van der Waals surface area contributed by atoms with Crippen molar-refractivity contribution in [2.75, 3.05) is 0 Å². The molecule has 3 aromatic rings. The van der Waals surface area contributed by atoms with Gasteiger partial charge in [-0.15, -0.1) is 0 Å². The summed E-state index contributed by atoms with van der Waals surface area (Å²) in [5, 5.41) is 12.6. The molecule has 7 nitrogen and oxygen atoms in total. The van der Waals surface area contributed by atoms with E-state index in [4.69, 9.17) is 5.14 Å². The first-order valence-electron chi connectivity index (χ1n) is 7.98. The van der Waals surface area contributed by atoms with Gasteiger partial charge in [-0.3, -0.25) is 5.10 Å². The molecule has 2 heterocycles. The standard InChI is InChI=1S/C17H17N5O2S.3H2/c18-25(23,24)15-3-1-2-12(8-15)17-19-7-6-13(20-17)9-14-10-16(22-21-14)11-4-5-11;;;/h1-3,6-8,10-11H,4-5,9H2,(H,21,22)(H2,18,23,24);3*1H. The lowest BCUT2D eigenvalue weighted by molar-refractivity contribution is 0.598. The van der Waals surface area contributed by atoms with Gasteiger partial charge in [-0.1, -0.05) is 12.1 Å². The summed E-state index contributed by atoms with van der Waals surface area (Å²) in [5.74, 6) is 1.07. The number of rotatable bonds is 5. The lowest BCUT2D eigenvalue weighted by Gasteiger charge is -2.05. The van der Waals surface area contributed by atoms with Crippen molar-refractivity contribution in [2.24, 2.45) is 5.14 Å². The minimum atomic E-state index is -3.76. The highest BCUT2D eigenvalue weighted by Gasteiger charge is 2.26. The predicted octanol–water partition coefficient (Wildman–Crippen LogP) is 2.72. The van der Waals surface area contributed by atoms with Gasteiger partial charge in [0.25, 0.3) is 0 Å². The van der Waals surface area contributed by atoms with E-state index in [2.05, 4.69) is 26.2 Å². The number of sulfonamides is 1. The molecule has 1 fully saturated rings. The number of nitrogens with two attached hydrogens (primary N) is 1. The van der Waals surface area contributed by atoms with Gasteiger partial charge in [0.1, 0.15) is 0 Å². The van der Waals surface area contributed by atoms with Crippen molar-refractivity contribution in [2.45, 2.75) is 30.1 Å². The van der Waals surface area contributed by atoms with Gasteiger partial charge in [-0.2, -0.15) is 5.10 Å². The van der Waals surface area contributed by atoms with Crippen LogP contribution >= 0.6 is 0 Å². The molecule has 1 aromatic carbocycles. The van der Waals surface area contributed by atoms with E-state index in [0.717, 1.165) is 17.1 Å². The zero-order chi connectivity index (χ0) is 17.4. The van der Waals surface area contributed by atoms with E-state index in [9.17, 15) is 8.42 Å². The van der Waals surface area contributed by atoms with Crippen LogP contribution in [0.25, 0.3) is 11.4 Å². The molecule has 0 atom stereocenters. The molecule has 2 aromatic heterocycles. The second-order valence-corrected chi connectivity index (χ2v) is 7.77. The minimum absolute atomic E-state index is 0. The molecule has 0 saturated heterocycles. The molecule has 134 valence electrons. The molecule has 0 amide bonds. The van der Waals surface area contributed by atoms with Crippen LogP contribution in [0.2, 0.25) is 0 Å². The fourth-order valence-corrected chi connectivity index (χ4v) is 3.26. The zero-order valence-corrected chi connectivity index (χ0v) is 14.2. The molecule has 0 aliphatic heterocycles. The molecule has 0 spiro atoms. The van der Waals surface area contributed by atoms with Crippen molar-refractivity contribution in [1.82, 2.24) is 20.2 Å². The van der Waals surface area contributed by atoms with Crippen LogP contribution in [0.15, 0.2) is 47.5 Å². The van der Waals surface area contributed by atoms with Crippen molar-refractivity contribution in [3.63, 3.8) is 0 Å². The third-order valence-electron chi connectivity index (χ3n) is 4.15. The Morgan fingerprint density at radius 1 is 1.24 bits per heavy atom. The van der Waals surface area contributed by atoms with Crippen LogP contribution in [0.4, 0.5) is 0 Å². The predicted molar refractivity (Wildman–Crippen MR) is 98.6 cm³/mol. The van der Waals surface area contributed by atoms with Gasteiger partial charge < -0.3 is 0 Å². The molecule has 3 N–H and O–H groups in total. The molecule has 1 aliphatic rings. The Hall–Kier alpha value is -2.58. The normalized spacial score (nSPS) is 14.6. The van der Waals surface area contributed by atoms with Crippen molar-refractivity contribution in [1.29, 1.82) is 0 Å². The number of nitrogens with one attached hydrogen (secondary N) is 1. The minimum Gasteiger partial charge on any atom is -0.282 e. The Morgan fingerprint density at radius 3 is 2.84 bits per heavy atom. The number of nitrogens with zero attached hydrogens (tertiary/aromatic N) is 3. The molecule has 1 aliphatic carbocycles. The van der Waals surface area contributed by atoms with Gasteiger partial charge in [0, 0.05) is 34.1 Å². The first-order valence-corrected chi connectivity index (χ1v) is 9.53. The molecule has 0 radical (unpaired) electrons. The molecule has 0 bridgehead atoms. The van der Waals surface area contributed by atoms with E-state index in [1.165, 1.54) is 25.0 Å². The largest absolute Gasteiger partial charge is 0.282 e. The number of aromatic amines is 1. The fraction of sp³-hybridized carbons (Fsp3) is 0.235. The van der Waals surface area contributed by atoms with Gasteiger partial charge in [-0.05, 0) is 37.1 Å². The lowest BCUT2D eigenvalue weighted by atomic mass is 10.2. The maximum absolute atomic E-state index is 11.5. The van der Waals surface area contributed by atoms with E-state index in [0.29, 0.717) is 23.7 Å². The molecular weight excluding hydrogens is 338 g/mol. The van der Waals surface area contributed by atoms with Crippen LogP contribution in [-0.4, -0.2) is 28.6 Å². The Morgan fingerprint density at radius 2 is 2.08 bits per heavy atom. The van der Waals surface area contributed by atoms with Crippen LogP contribution in [0.5, 0.6) is 0 Å². The second-order valence-electron chi connectivity index (χ2n) is 6.21. The van der Waals surface area contributed by atoms with E-state index in [1.54, 1.807) is 18.3 Å². The number of hydrogen-bond donors (Lipinski definition) is 2. The average molecular weight is 361 g/mol. The summed E-state index contributed by atoms with van der Waals surface area (Å²) in [4.78, 5) is 8.83. The molecule has 4 rings (SSSR count). The van der Waals surface area contributed by atoms with Crippen molar-refractivity contribution < 1.29 is 12.7 Å². The monoisotopic (exact) mass is 361 g/mol. The van der Waals surface area contributed by atoms with Crippen molar-refractivity contribution in [3.05, 3.63) is 59.7 Å². The van der Waals surface area contributed by atoms with Gasteiger partial charge in [0.05, 0.1) is 16.3 Å². The second kappa shape index (κ2) is 6.05. The van der Waals surface area contributed by atoms with Gasteiger partial charge in [0.15, 0.2) is 5.82 Å². The smallest absolute Gasteiger partial charge is 0.238 e. The fourth-order valence-electron chi connectivity index (χ4n) is 2.70. The van der Waals surface area contributed by atoms with Gasteiger partial charge in [0.2, 0.25) is 10.0 Å². The Kier molecular flexibility index (Phi) is 3.85. The number of primary sulfonamides is 1. The summed E-state index contributed by atoms with van der Waals surface area (Å²) in [7, 11) is -3.76. The summed E-state index contributed by atoms with van der Waals surface area (Å²) in [6.07, 6.45) is 4.70. The van der Waals surface area contributed by atoms with Gasteiger partial charge in [-0.25, -0.2) is 23.5 Å². The third kappa shape index (κ3) is 3.59. The van der Waals surface area contributed by atoms with Crippen LogP contribution in [0, 0.1) is 0 Å². The summed E-state index contributed by atoms with van der Waals surface area (Å²) in [6.45, 7) is 0. The SMILES string of the molecule is NS(=O)(=O)c1cccc(-c2nccc(Cc3cc(C4CC4)n[nH]3)n2)c1.[HH].[HH].[HH]. The zero-order valence-electron chi connectivity index (χ0n) is 13.4. The highest BCUT2D eigenvalue weighted by atomic mass is 32.2. The highest BCUT2D eigenvalue weighted by Crippen LogP contribution is 2.39. The first kappa shape index (κ1) is 15.9. The summed E-state index contributed by atoms with van der Waals surface area (Å²) in [6, 6.07) is 10.2. The molecule has 25 heavy (non-hydrogen) atoms. The Labute approximate surface area is 149 Å². The quantitative estimate of drug-likeness (QED) is 0.725. The Balaban J connectivity index is 0.00000131. The third-order valence-corrected chi connectivity index (χ3v) is 5.06. The Bertz CT molecular complexity index is 1040. The molecular formula is C17H23N5O2S. The lowest BCUT2D eigenvalue weighted by Crippen LogP contribution is -2.12. The van der Waals surface area contributed by atoms with Crippen molar-refractivity contribution in [3.8, 4) is 11.4 Å². The van der Waals surface area contributed by atoms with E-state index >= 15 is 0 Å². The first-order chi connectivity index (χ1) is 12.0. The van der Waals surface area contributed by atoms with E-state index in [1.807, 2.05) is 6.07 Å². The van der Waals surface area contributed by atoms with Crippen LogP contribution < -0.4 is 5.14 Å². The summed E-state index contributed by atoms with van der Waals surface area (Å²) in [5.41, 5.74) is 3.56. The average Bonchev–Trinajstić information content (AvgIpc) is 3.35. The maximum Gasteiger partial charge on any atom is 0.238 e. The topological polar surface area (TPSA) is 115 Å². The van der Waals surface area contributed by atoms with Crippen LogP contribution in [-0.2, 0) is 16.4 Å². The molecule has 1 saturated carbocycles. The van der Waals surface area contributed by atoms with Crippen LogP contribution in [0.1, 0.15) is 40.1 Å². The molecule has 0 unspecified atom stereocenters. The number of benzene rings is 1. The maximum atomic E-state index is 11.5. The van der Waals surface area contributed by atoms with E-state index < -0.39 is 10.0 Å². The number of H-pyrrole nitrogens is 1. The highest BCUT2D eigenvalue weighted by molar-refractivity contribution is 7.89. The number of hydrogen-bond acceptors (Lipinski definition) is 5. The van der Waals surface area contributed by atoms with Gasteiger partial charge >= 0.3 is 0 Å². The van der Waals surface area contributed by atoms with E-state index in [-0.39, 0.29) is 9.18 Å². The van der Waals surface area contributed by atoms with Crippen molar-refractivity contribution >= 4 is 10.0 Å².